The molecule has 0 atom stereocenters. The van der Waals surface area contributed by atoms with Gasteiger partial charge in [-0.2, -0.15) is 52.7 Å². The standard InChI is InChI=1S/C7HF13O2.C2H7N/c8-2(9,1(21)22)4(11,12)5(13,14)3(10,6(15,16)17)7(18,19)20;1-2-3/h(H,21,22);2-3H2,1H3. The highest BCUT2D eigenvalue weighted by atomic mass is 19.4. The summed E-state index contributed by atoms with van der Waals surface area (Å²) in [5.74, 6) is -27.9. The molecular weight excluding hydrogens is 401 g/mol. The van der Waals surface area contributed by atoms with E-state index in [1.807, 2.05) is 6.92 Å². The van der Waals surface area contributed by atoms with Gasteiger partial charge in [-0.05, 0) is 6.92 Å². The minimum Gasteiger partial charge on any atom is -0.544 e. The zero-order valence-corrected chi connectivity index (χ0v) is 11.6. The van der Waals surface area contributed by atoms with Gasteiger partial charge in [0.15, 0.2) is 0 Å². The smallest absolute Gasteiger partial charge is 0.438 e. The van der Waals surface area contributed by atoms with Gasteiger partial charge in [0.2, 0.25) is 0 Å². The molecule has 0 aliphatic rings. The van der Waals surface area contributed by atoms with Gasteiger partial charge in [-0.25, -0.2) is 4.39 Å². The van der Waals surface area contributed by atoms with Gasteiger partial charge < -0.3 is 15.6 Å². The summed E-state index contributed by atoms with van der Waals surface area (Å²) in [5, 5.41) is 9.58. The lowest BCUT2D eigenvalue weighted by atomic mass is 9.87. The number of carbonyl (C=O) groups is 1. The SMILES string of the molecule is CC[NH3+].O=C([O-])C(F)(F)C(F)(F)C(F)(F)C(F)(C(F)(F)F)C(F)(F)F. The summed E-state index contributed by atoms with van der Waals surface area (Å²) in [5.41, 5.74) is -4.67. The zero-order valence-electron chi connectivity index (χ0n) is 11.6. The molecule has 0 radical (unpaired) electrons. The van der Waals surface area contributed by atoms with Crippen LogP contribution < -0.4 is 10.8 Å². The molecule has 0 spiro atoms. The monoisotopic (exact) mass is 409 g/mol. The molecule has 16 heteroatoms. The Balaban J connectivity index is 0. The number of aliphatic carboxylic acids is 1. The quantitative estimate of drug-likeness (QED) is 0.719. The maximum Gasteiger partial charge on any atom is 0.438 e. The second kappa shape index (κ2) is 7.03. The number of carboxylic acids is 1. The molecule has 0 saturated heterocycles. The van der Waals surface area contributed by atoms with E-state index in [9.17, 15) is 67.0 Å². The van der Waals surface area contributed by atoms with Crippen LogP contribution >= 0.6 is 0 Å². The van der Waals surface area contributed by atoms with E-state index in [2.05, 4.69) is 5.73 Å². The van der Waals surface area contributed by atoms with Crippen LogP contribution in [0.3, 0.4) is 0 Å². The van der Waals surface area contributed by atoms with Crippen LogP contribution in [0.2, 0.25) is 0 Å². The molecule has 0 aromatic heterocycles. The highest BCUT2D eigenvalue weighted by molar-refractivity contribution is 5.75. The van der Waals surface area contributed by atoms with Gasteiger partial charge in [-0.1, -0.05) is 0 Å². The maximum absolute atomic E-state index is 12.8. The summed E-state index contributed by atoms with van der Waals surface area (Å²) in [4.78, 5) is 9.58. The van der Waals surface area contributed by atoms with Gasteiger partial charge in [0.05, 0.1) is 6.54 Å². The fourth-order valence-electron chi connectivity index (χ4n) is 1.06. The molecule has 0 amide bonds. The maximum atomic E-state index is 12.8. The zero-order chi connectivity index (χ0) is 21.3. The summed E-state index contributed by atoms with van der Waals surface area (Å²) in [6, 6.07) is 0. The average molecular weight is 409 g/mol. The molecule has 3 nitrogen and oxygen atoms in total. The van der Waals surface area contributed by atoms with Crippen molar-refractivity contribution in [1.29, 1.82) is 0 Å². The number of hydrogen-bond acceptors (Lipinski definition) is 2. The fourth-order valence-corrected chi connectivity index (χ4v) is 1.06. The molecule has 0 saturated carbocycles. The normalized spacial score (nSPS) is 14.7. The lowest BCUT2D eigenvalue weighted by Gasteiger charge is -2.41. The van der Waals surface area contributed by atoms with Crippen LogP contribution in [0.4, 0.5) is 57.1 Å². The molecule has 152 valence electrons. The van der Waals surface area contributed by atoms with Gasteiger partial charge in [-0.3, -0.25) is 0 Å². The molecule has 0 rings (SSSR count). The number of quaternary nitrogens is 1. The summed E-state index contributed by atoms with van der Waals surface area (Å²) in [6.07, 6.45) is -15.7. The third-order valence-corrected chi connectivity index (χ3v) is 2.26. The number of hydrogen-bond donors (Lipinski definition) is 1. The van der Waals surface area contributed by atoms with Crippen molar-refractivity contribution >= 4 is 5.97 Å². The van der Waals surface area contributed by atoms with Gasteiger partial charge in [0.25, 0.3) is 0 Å². The number of halogens is 13. The molecule has 25 heavy (non-hydrogen) atoms. The second-order valence-corrected chi connectivity index (χ2v) is 4.16. The minimum absolute atomic E-state index is 1.00. The van der Waals surface area contributed by atoms with E-state index < -0.39 is 41.8 Å². The van der Waals surface area contributed by atoms with Gasteiger partial charge in [-0.15, -0.1) is 0 Å². The molecule has 0 aromatic carbocycles. The minimum atomic E-state index is -8.24. The average Bonchev–Trinajstić information content (AvgIpc) is 2.34. The van der Waals surface area contributed by atoms with Crippen LogP contribution in [-0.4, -0.2) is 48.3 Å². The highest BCUT2D eigenvalue weighted by Gasteiger charge is 2.93. The Kier molecular flexibility index (Phi) is 7.24. The molecule has 0 aromatic rings. The Morgan fingerprint density at radius 3 is 1.16 bits per heavy atom. The fraction of sp³-hybridized carbons (Fsp3) is 0.889. The van der Waals surface area contributed by atoms with Crippen LogP contribution in [0.15, 0.2) is 0 Å². The Morgan fingerprint density at radius 2 is 1.00 bits per heavy atom. The Hall–Kier alpha value is -1.48. The summed E-state index contributed by atoms with van der Waals surface area (Å²) in [6.45, 7) is 3.01. The van der Waals surface area contributed by atoms with Gasteiger partial charge in [0, 0.05) is 0 Å². The highest BCUT2D eigenvalue weighted by Crippen LogP contribution is 2.61. The second-order valence-electron chi connectivity index (χ2n) is 4.16. The topological polar surface area (TPSA) is 67.8 Å². The summed E-state index contributed by atoms with van der Waals surface area (Å²) < 4.78 is 160. The van der Waals surface area contributed by atoms with E-state index in [0.29, 0.717) is 0 Å². The molecule has 0 bridgehead atoms. The summed E-state index contributed by atoms with van der Waals surface area (Å²) in [7, 11) is 0. The lowest BCUT2D eigenvalue weighted by Crippen LogP contribution is -2.75. The first-order valence-electron chi connectivity index (χ1n) is 5.57. The molecule has 0 aliphatic heterocycles. The first kappa shape index (κ1) is 25.8. The van der Waals surface area contributed by atoms with E-state index in [-0.39, 0.29) is 0 Å². The third-order valence-electron chi connectivity index (χ3n) is 2.26. The van der Waals surface area contributed by atoms with Crippen molar-refractivity contribution < 1.29 is 72.7 Å². The molecule has 0 unspecified atom stereocenters. The molecule has 0 fully saturated rings. The Morgan fingerprint density at radius 1 is 0.760 bits per heavy atom. The van der Waals surface area contributed by atoms with Crippen LogP contribution in [-0.2, 0) is 4.79 Å². The predicted molar refractivity (Wildman–Crippen MR) is 49.2 cm³/mol. The van der Waals surface area contributed by atoms with Crippen LogP contribution in [0, 0.1) is 0 Å². The van der Waals surface area contributed by atoms with Crippen molar-refractivity contribution in [2.45, 2.75) is 42.7 Å². The van der Waals surface area contributed by atoms with Crippen molar-refractivity contribution in [2.24, 2.45) is 0 Å². The Labute approximate surface area is 129 Å². The van der Waals surface area contributed by atoms with Crippen molar-refractivity contribution in [3.8, 4) is 0 Å². The van der Waals surface area contributed by atoms with E-state index in [0.717, 1.165) is 6.54 Å². The first-order valence-corrected chi connectivity index (χ1v) is 5.57. The number of alkyl halides is 13. The van der Waals surface area contributed by atoms with Gasteiger partial charge in [0.1, 0.15) is 5.97 Å². The van der Waals surface area contributed by atoms with Crippen molar-refractivity contribution in [1.82, 2.24) is 0 Å². The molecule has 0 aliphatic carbocycles. The van der Waals surface area contributed by atoms with E-state index in [1.54, 1.807) is 0 Å². The number of rotatable bonds is 4. The van der Waals surface area contributed by atoms with Crippen LogP contribution in [0.5, 0.6) is 0 Å². The number of carboxylic acid groups (broad SMARTS) is 1. The van der Waals surface area contributed by atoms with E-state index >= 15 is 0 Å². The number of carbonyl (C=O) groups excluding carboxylic acids is 1. The first-order chi connectivity index (χ1) is 10.6. The van der Waals surface area contributed by atoms with Crippen LogP contribution in [0.1, 0.15) is 6.92 Å². The van der Waals surface area contributed by atoms with Crippen LogP contribution in [0.25, 0.3) is 0 Å². The van der Waals surface area contributed by atoms with E-state index in [1.165, 1.54) is 0 Å². The van der Waals surface area contributed by atoms with Crippen molar-refractivity contribution in [3.63, 3.8) is 0 Å². The molecule has 3 N–H and O–H groups in total. The largest absolute Gasteiger partial charge is 0.544 e. The van der Waals surface area contributed by atoms with Gasteiger partial charge >= 0.3 is 35.8 Å². The van der Waals surface area contributed by atoms with E-state index in [4.69, 9.17) is 0 Å². The van der Waals surface area contributed by atoms with Crippen molar-refractivity contribution in [3.05, 3.63) is 0 Å². The van der Waals surface area contributed by atoms with Crippen molar-refractivity contribution in [2.75, 3.05) is 6.54 Å². The third kappa shape index (κ3) is 3.87. The Bertz CT molecular complexity index is 453. The molecule has 0 heterocycles. The predicted octanol–water partition coefficient (Wildman–Crippen LogP) is 1.72. The lowest BCUT2D eigenvalue weighted by molar-refractivity contribution is -0.448. The summed E-state index contributed by atoms with van der Waals surface area (Å²) >= 11 is 0. The molecular formula is C9H8F13NO2.